The van der Waals surface area contributed by atoms with Gasteiger partial charge in [0.05, 0.1) is 28.4 Å². The number of aliphatic hydroxyl groups excluding tert-OH is 1. The Hall–Kier alpha value is -4.17. The average Bonchev–Trinajstić information content (AvgIpc) is 3.56. The van der Waals surface area contributed by atoms with E-state index in [1.54, 1.807) is 18.2 Å². The largest absolute Gasteiger partial charge is 0.507 e. The molecule has 0 unspecified atom stereocenters. The van der Waals surface area contributed by atoms with Crippen LogP contribution in [0.5, 0.6) is 11.5 Å². The first-order chi connectivity index (χ1) is 18.3. The van der Waals surface area contributed by atoms with Gasteiger partial charge in [-0.05, 0) is 79.9 Å². The second-order valence-electron chi connectivity index (χ2n) is 9.60. The molecule has 1 saturated heterocycles. The van der Waals surface area contributed by atoms with Gasteiger partial charge in [0, 0.05) is 12.0 Å². The number of amides is 1. The Morgan fingerprint density at radius 2 is 2.00 bits per heavy atom. The molecule has 0 aliphatic carbocycles. The van der Waals surface area contributed by atoms with Crippen molar-refractivity contribution in [1.29, 1.82) is 0 Å². The van der Waals surface area contributed by atoms with Crippen molar-refractivity contribution in [3.63, 3.8) is 0 Å². The number of ketones is 1. The van der Waals surface area contributed by atoms with Crippen molar-refractivity contribution in [2.45, 2.75) is 39.3 Å². The van der Waals surface area contributed by atoms with Crippen molar-refractivity contribution < 1.29 is 24.2 Å². The minimum Gasteiger partial charge on any atom is -0.507 e. The third kappa shape index (κ3) is 4.01. The van der Waals surface area contributed by atoms with Gasteiger partial charge in [-0.25, -0.2) is 4.98 Å². The van der Waals surface area contributed by atoms with Crippen LogP contribution in [0, 0.1) is 6.92 Å². The molecule has 4 aromatic rings. The molecule has 1 N–H and O–H groups in total. The summed E-state index contributed by atoms with van der Waals surface area (Å²) in [6, 6.07) is 17.6. The number of anilines is 1. The van der Waals surface area contributed by atoms with Crippen molar-refractivity contribution in [1.82, 2.24) is 4.98 Å². The van der Waals surface area contributed by atoms with E-state index in [1.807, 2.05) is 63.2 Å². The Labute approximate surface area is 224 Å². The van der Waals surface area contributed by atoms with Crippen LogP contribution in [0.4, 0.5) is 5.13 Å². The molecular formula is C30H26N2O5S. The first-order valence-corrected chi connectivity index (χ1v) is 13.4. The maximum Gasteiger partial charge on any atom is 0.301 e. The van der Waals surface area contributed by atoms with E-state index in [9.17, 15) is 14.7 Å². The van der Waals surface area contributed by atoms with E-state index >= 15 is 0 Å². The SMILES string of the molecule is CCOc1cccc([C@@H]2C(=C(O)c3ccc4c(c3)C[C@@H](C)O4)C(=O)C(=O)N2c2nc3ccc(C)cc3s2)c1. The van der Waals surface area contributed by atoms with Gasteiger partial charge in [0.25, 0.3) is 5.78 Å². The number of aromatic nitrogens is 1. The minimum absolute atomic E-state index is 0.0194. The van der Waals surface area contributed by atoms with Crippen LogP contribution in [0.25, 0.3) is 16.0 Å². The van der Waals surface area contributed by atoms with Crippen LogP contribution < -0.4 is 14.4 Å². The third-order valence-electron chi connectivity index (χ3n) is 6.84. The Bertz CT molecular complexity index is 1640. The number of Topliss-reactive ketones (excluding diaryl/α,β-unsaturated/α-hetero) is 1. The summed E-state index contributed by atoms with van der Waals surface area (Å²) in [6.45, 7) is 6.33. The number of rotatable bonds is 5. The third-order valence-corrected chi connectivity index (χ3v) is 7.85. The van der Waals surface area contributed by atoms with Crippen molar-refractivity contribution in [3.8, 4) is 11.5 Å². The maximum atomic E-state index is 13.6. The number of ether oxygens (including phenoxy) is 2. The zero-order chi connectivity index (χ0) is 26.6. The lowest BCUT2D eigenvalue weighted by atomic mass is 9.94. The minimum atomic E-state index is -0.875. The van der Waals surface area contributed by atoms with E-state index < -0.39 is 17.7 Å². The Balaban J connectivity index is 1.54. The number of thiazole rings is 1. The molecular weight excluding hydrogens is 500 g/mol. The Kier molecular flexibility index (Phi) is 5.91. The molecule has 0 saturated carbocycles. The highest BCUT2D eigenvalue weighted by Gasteiger charge is 2.48. The highest BCUT2D eigenvalue weighted by atomic mass is 32.1. The quantitative estimate of drug-likeness (QED) is 0.196. The second kappa shape index (κ2) is 9.29. The van der Waals surface area contributed by atoms with Crippen LogP contribution in [-0.2, 0) is 16.0 Å². The summed E-state index contributed by atoms with van der Waals surface area (Å²) in [7, 11) is 0. The number of carbonyl (C=O) groups excluding carboxylic acids is 2. The van der Waals surface area contributed by atoms with Gasteiger partial charge in [-0.2, -0.15) is 0 Å². The summed E-state index contributed by atoms with van der Waals surface area (Å²) in [5, 5.41) is 11.9. The summed E-state index contributed by atoms with van der Waals surface area (Å²) < 4.78 is 12.4. The summed E-state index contributed by atoms with van der Waals surface area (Å²) in [4.78, 5) is 33.2. The number of hydrogen-bond acceptors (Lipinski definition) is 7. The predicted octanol–water partition coefficient (Wildman–Crippen LogP) is 5.95. The van der Waals surface area contributed by atoms with E-state index in [4.69, 9.17) is 14.5 Å². The Morgan fingerprint density at radius 3 is 2.82 bits per heavy atom. The van der Waals surface area contributed by atoms with Crippen LogP contribution in [0.15, 0.2) is 66.2 Å². The summed E-state index contributed by atoms with van der Waals surface area (Å²) in [6.07, 6.45) is 0.743. The van der Waals surface area contributed by atoms with Crippen molar-refractivity contribution in [3.05, 3.63) is 88.5 Å². The lowest BCUT2D eigenvalue weighted by Gasteiger charge is -2.23. The summed E-state index contributed by atoms with van der Waals surface area (Å²) in [5.41, 5.74) is 3.89. The molecule has 6 rings (SSSR count). The monoisotopic (exact) mass is 526 g/mol. The van der Waals surface area contributed by atoms with E-state index in [2.05, 4.69) is 0 Å². The molecule has 1 aromatic heterocycles. The topological polar surface area (TPSA) is 89.0 Å². The molecule has 1 amide bonds. The van der Waals surface area contributed by atoms with E-state index in [0.29, 0.717) is 35.0 Å². The fraction of sp³-hybridized carbons (Fsp3) is 0.233. The fourth-order valence-corrected chi connectivity index (χ4v) is 6.22. The van der Waals surface area contributed by atoms with Gasteiger partial charge in [-0.3, -0.25) is 14.5 Å². The maximum absolute atomic E-state index is 13.6. The standard InChI is InChI=1S/C30H26N2O5S/c1-4-36-21-7-5-6-18(15-21)26-25(27(33)19-9-11-23-20(14-19)13-17(3)37-23)28(34)29(35)32(26)30-31-22-10-8-16(2)12-24(22)38-30/h5-12,14-15,17,26,33H,4,13H2,1-3H3/t17-,26-/m1/s1. The highest BCUT2D eigenvalue weighted by molar-refractivity contribution is 7.22. The van der Waals surface area contributed by atoms with Crippen LogP contribution in [0.3, 0.4) is 0 Å². The van der Waals surface area contributed by atoms with Gasteiger partial charge in [-0.1, -0.05) is 29.5 Å². The molecule has 0 radical (unpaired) electrons. The number of fused-ring (bicyclic) bond motifs is 2. The van der Waals surface area contributed by atoms with Gasteiger partial charge < -0.3 is 14.6 Å². The van der Waals surface area contributed by atoms with Gasteiger partial charge in [0.1, 0.15) is 23.4 Å². The lowest BCUT2D eigenvalue weighted by molar-refractivity contribution is -0.132. The van der Waals surface area contributed by atoms with Gasteiger partial charge in [0.2, 0.25) is 0 Å². The molecule has 0 bridgehead atoms. The van der Waals surface area contributed by atoms with Gasteiger partial charge >= 0.3 is 5.91 Å². The molecule has 2 atom stereocenters. The van der Waals surface area contributed by atoms with Gasteiger partial charge in [0.15, 0.2) is 5.13 Å². The van der Waals surface area contributed by atoms with Crippen LogP contribution >= 0.6 is 11.3 Å². The van der Waals surface area contributed by atoms with Crippen LogP contribution in [0.1, 0.15) is 42.1 Å². The second-order valence-corrected chi connectivity index (χ2v) is 10.6. The van der Waals surface area contributed by atoms with Crippen LogP contribution in [-0.4, -0.2) is 34.5 Å². The molecule has 3 heterocycles. The average molecular weight is 527 g/mol. The molecule has 2 aliphatic rings. The number of nitrogens with zero attached hydrogens (tertiary/aromatic N) is 2. The molecule has 1 fully saturated rings. The fourth-order valence-electron chi connectivity index (χ4n) is 5.13. The normalized spacial score (nSPS) is 20.1. The number of hydrogen-bond donors (Lipinski definition) is 1. The van der Waals surface area contributed by atoms with Gasteiger partial charge in [-0.15, -0.1) is 0 Å². The predicted molar refractivity (Wildman–Crippen MR) is 147 cm³/mol. The van der Waals surface area contributed by atoms with E-state index in [1.165, 1.54) is 16.2 Å². The number of benzene rings is 3. The number of aryl methyl sites for hydroxylation is 1. The molecule has 2 aliphatic heterocycles. The van der Waals surface area contributed by atoms with Crippen molar-refractivity contribution in [2.75, 3.05) is 11.5 Å². The highest BCUT2D eigenvalue weighted by Crippen LogP contribution is 2.45. The first kappa shape index (κ1) is 24.2. The van der Waals surface area contributed by atoms with Crippen molar-refractivity contribution in [2.24, 2.45) is 0 Å². The molecule has 8 heteroatoms. The smallest absolute Gasteiger partial charge is 0.301 e. The van der Waals surface area contributed by atoms with Crippen LogP contribution in [0.2, 0.25) is 0 Å². The Morgan fingerprint density at radius 1 is 1.16 bits per heavy atom. The summed E-state index contributed by atoms with van der Waals surface area (Å²) >= 11 is 1.34. The summed E-state index contributed by atoms with van der Waals surface area (Å²) in [5.74, 6) is -0.335. The van der Waals surface area contributed by atoms with Crippen molar-refractivity contribution >= 4 is 44.1 Å². The first-order valence-electron chi connectivity index (χ1n) is 12.5. The molecule has 7 nitrogen and oxygen atoms in total. The number of carbonyl (C=O) groups is 2. The molecule has 0 spiro atoms. The van der Waals surface area contributed by atoms with E-state index in [0.717, 1.165) is 27.1 Å². The zero-order valence-corrected chi connectivity index (χ0v) is 22.0. The lowest BCUT2D eigenvalue weighted by Crippen LogP contribution is -2.29. The molecule has 192 valence electrons. The zero-order valence-electron chi connectivity index (χ0n) is 21.2. The van der Waals surface area contributed by atoms with E-state index in [-0.39, 0.29) is 17.4 Å². The molecule has 38 heavy (non-hydrogen) atoms. The molecule has 3 aromatic carbocycles. The number of aliphatic hydroxyl groups is 1.